The van der Waals surface area contributed by atoms with Gasteiger partial charge in [0.05, 0.1) is 31.5 Å². The Morgan fingerprint density at radius 2 is 1.39 bits per heavy atom. The van der Waals surface area contributed by atoms with Crippen LogP contribution in [0.15, 0.2) is 11.6 Å². The van der Waals surface area contributed by atoms with Crippen LogP contribution in [0.1, 0.15) is 92.4 Å². The van der Waals surface area contributed by atoms with E-state index in [9.17, 15) is 46.0 Å². The molecule has 5 saturated heterocycles. The van der Waals surface area contributed by atoms with E-state index in [-0.39, 0.29) is 22.7 Å². The molecule has 26 atom stereocenters. The van der Waals surface area contributed by atoms with E-state index in [2.05, 4.69) is 39.1 Å². The van der Waals surface area contributed by atoms with E-state index < -0.39 is 105 Å². The summed E-state index contributed by atoms with van der Waals surface area (Å²) in [5.74, 6) is 3.43. The van der Waals surface area contributed by atoms with Gasteiger partial charge in [0.15, 0.2) is 18.9 Å². The molecule has 62 heavy (non-hydrogen) atoms. The van der Waals surface area contributed by atoms with E-state index >= 15 is 0 Å². The number of piperidine rings is 1. The van der Waals surface area contributed by atoms with Gasteiger partial charge in [-0.1, -0.05) is 39.3 Å². The Kier molecular flexibility index (Phi) is 12.9. The number of nitrogens with one attached hydrogen (secondary N) is 1. The molecule has 0 aromatic rings. The largest absolute Gasteiger partial charge is 0.394 e. The van der Waals surface area contributed by atoms with E-state index in [0.717, 1.165) is 32.2 Å². The lowest BCUT2D eigenvalue weighted by atomic mass is 9.47. The number of rotatable bonds is 8. The quantitative estimate of drug-likeness (QED) is 0.142. The molecule has 0 amide bonds. The molecular weight excluding hydrogens is 810 g/mol. The van der Waals surface area contributed by atoms with E-state index in [1.165, 1.54) is 31.8 Å². The fourth-order valence-electron chi connectivity index (χ4n) is 14.2. The van der Waals surface area contributed by atoms with Gasteiger partial charge in [0.25, 0.3) is 0 Å². The molecule has 17 heteroatoms. The fourth-order valence-corrected chi connectivity index (χ4v) is 14.2. The molecule has 9 aliphatic rings. The van der Waals surface area contributed by atoms with Crippen molar-refractivity contribution in [2.75, 3.05) is 19.8 Å². The van der Waals surface area contributed by atoms with Crippen LogP contribution in [0.4, 0.5) is 0 Å². The van der Waals surface area contributed by atoms with E-state index in [1.54, 1.807) is 0 Å². The molecule has 5 heterocycles. The molecule has 0 unspecified atom stereocenters. The maximum Gasteiger partial charge on any atom is 0.187 e. The Hall–Kier alpha value is -0.940. The van der Waals surface area contributed by atoms with Crippen molar-refractivity contribution in [1.29, 1.82) is 0 Å². The predicted octanol–water partition coefficient (Wildman–Crippen LogP) is -0.213. The van der Waals surface area contributed by atoms with Gasteiger partial charge in [-0.25, -0.2) is 0 Å². The highest BCUT2D eigenvalue weighted by atomic mass is 16.8. The zero-order valence-corrected chi connectivity index (χ0v) is 36.7. The lowest BCUT2D eigenvalue weighted by Gasteiger charge is -2.59. The third-order valence-corrected chi connectivity index (χ3v) is 17.9. The summed E-state index contributed by atoms with van der Waals surface area (Å²) >= 11 is 0. The maximum absolute atomic E-state index is 11.8. The predicted molar refractivity (Wildman–Crippen MR) is 216 cm³/mol. The van der Waals surface area contributed by atoms with Crippen molar-refractivity contribution in [3.63, 3.8) is 0 Å². The number of allylic oxidation sites excluding steroid dienone is 1. The van der Waals surface area contributed by atoms with Gasteiger partial charge in [-0.15, -0.1) is 0 Å². The van der Waals surface area contributed by atoms with Crippen molar-refractivity contribution in [3.8, 4) is 0 Å². The van der Waals surface area contributed by atoms with Crippen LogP contribution in [0.5, 0.6) is 0 Å². The van der Waals surface area contributed by atoms with E-state index in [0.29, 0.717) is 54.5 Å². The molecule has 4 aliphatic carbocycles. The first-order valence-electron chi connectivity index (χ1n) is 23.5. The molecule has 10 N–H and O–H groups in total. The number of hydrogen-bond donors (Lipinski definition) is 10. The molecule has 3 saturated carbocycles. The van der Waals surface area contributed by atoms with Crippen LogP contribution in [0, 0.1) is 46.3 Å². The van der Waals surface area contributed by atoms with Crippen LogP contribution >= 0.6 is 0 Å². The number of hydrogen-bond acceptors (Lipinski definition) is 17. The minimum absolute atomic E-state index is 0.00160. The molecule has 0 aromatic carbocycles. The molecule has 9 rings (SSSR count). The van der Waals surface area contributed by atoms with Crippen molar-refractivity contribution in [3.05, 3.63) is 11.6 Å². The molecule has 0 radical (unpaired) electrons. The molecule has 8 fully saturated rings. The smallest absolute Gasteiger partial charge is 0.187 e. The summed E-state index contributed by atoms with van der Waals surface area (Å²) in [6, 6.07) is 0. The molecule has 17 nitrogen and oxygen atoms in total. The lowest BCUT2D eigenvalue weighted by molar-refractivity contribution is -0.389. The fraction of sp³-hybridized carbons (Fsp3) is 0.956. The zero-order valence-electron chi connectivity index (χ0n) is 36.7. The minimum atomic E-state index is -1.81. The average molecular weight is 884 g/mol. The minimum Gasteiger partial charge on any atom is -0.394 e. The second kappa shape index (κ2) is 17.3. The Morgan fingerprint density at radius 3 is 2.10 bits per heavy atom. The summed E-state index contributed by atoms with van der Waals surface area (Å²) in [5, 5.41) is 100. The van der Waals surface area contributed by atoms with Crippen LogP contribution in [0.3, 0.4) is 0 Å². The van der Waals surface area contributed by atoms with Crippen molar-refractivity contribution < 1.29 is 79.1 Å². The summed E-state index contributed by atoms with van der Waals surface area (Å²) in [6.07, 6.45) is -11.8. The standard InChI is InChI=1S/C45H73NO16/c1-19-8-13-45(46-16-19)20(2)30-27(62-45)15-26-24-7-6-22-14-23(9-11-43(22,4)25(24)10-12-44(26,30)5)57-41-37(55)38(33(51)29(18-48)58-41)60-42-39(35(53)32(50)28(17-47)59-42)61-40-36(54)34(52)31(49)21(3)56-40/h6,19-21,23-42,46-55H,7-18H2,1-5H3/t19-,20-,21-,23+,24+,25-,26-,27-,28-,29+,30-,31-,32-,33+,34-,35+,36+,37+,38-,39+,40+,41+,42+,43-,44-,45+/m1/s1. The van der Waals surface area contributed by atoms with Crippen LogP contribution in [0.25, 0.3) is 0 Å². The van der Waals surface area contributed by atoms with Crippen molar-refractivity contribution in [1.82, 2.24) is 5.32 Å². The summed E-state index contributed by atoms with van der Waals surface area (Å²) in [7, 11) is 0. The van der Waals surface area contributed by atoms with Crippen molar-refractivity contribution >= 4 is 0 Å². The highest BCUT2D eigenvalue weighted by molar-refractivity contribution is 5.26. The first-order chi connectivity index (χ1) is 29.4. The zero-order chi connectivity index (χ0) is 44.2. The first-order valence-corrected chi connectivity index (χ1v) is 23.5. The number of fused-ring (bicyclic) bond motifs is 7. The van der Waals surface area contributed by atoms with Gasteiger partial charge < -0.3 is 79.1 Å². The normalized spacial score (nSPS) is 57.6. The molecule has 1 spiro atoms. The summed E-state index contributed by atoms with van der Waals surface area (Å²) < 4.78 is 42.9. The van der Waals surface area contributed by atoms with Gasteiger partial charge in [0.1, 0.15) is 72.9 Å². The highest BCUT2D eigenvalue weighted by Crippen LogP contribution is 2.70. The van der Waals surface area contributed by atoms with Crippen LogP contribution in [-0.2, 0) is 33.2 Å². The SMILES string of the molecule is C[C@@H]1CC[C@]2(NC1)O[C@@H]1C[C@@H]3[C@H]4CC=C5C[C@@H](O[C@H]6O[C@@H](CO)[C@H](O)[C@@H](O[C@@H]7O[C@H](CO)[C@@H](O)[C@H](O)[C@@H]7O[C@@H]7O[C@H](C)[C@@H](O)[C@@H](O)[C@@H]7O)[C@@H]6O)CC[C@@]5(C)[C@@H]4CC[C@@]3(C)[C@@H]1[C@H]2C. The van der Waals surface area contributed by atoms with Gasteiger partial charge in [0, 0.05) is 12.5 Å². The third kappa shape index (κ3) is 7.49. The second-order valence-corrected chi connectivity index (χ2v) is 21.2. The van der Waals surface area contributed by atoms with Crippen molar-refractivity contribution in [2.24, 2.45) is 46.3 Å². The van der Waals surface area contributed by atoms with E-state index in [4.69, 9.17) is 33.2 Å². The topological polar surface area (TPSA) is 259 Å². The molecule has 354 valence electrons. The Bertz CT molecular complexity index is 1620. The van der Waals surface area contributed by atoms with Crippen LogP contribution < -0.4 is 5.32 Å². The summed E-state index contributed by atoms with van der Waals surface area (Å²) in [5.41, 5.74) is 1.41. The van der Waals surface area contributed by atoms with Gasteiger partial charge in [0.2, 0.25) is 0 Å². The van der Waals surface area contributed by atoms with Gasteiger partial charge >= 0.3 is 0 Å². The molecule has 0 bridgehead atoms. The van der Waals surface area contributed by atoms with Crippen LogP contribution in [0.2, 0.25) is 0 Å². The number of aliphatic hydroxyl groups excluding tert-OH is 9. The van der Waals surface area contributed by atoms with Crippen molar-refractivity contribution in [2.45, 2.75) is 202 Å². The summed E-state index contributed by atoms with van der Waals surface area (Å²) in [6.45, 7) is 10.8. The average Bonchev–Trinajstić information content (AvgIpc) is 3.70. The molecule has 5 aliphatic heterocycles. The summed E-state index contributed by atoms with van der Waals surface area (Å²) in [4.78, 5) is 0. The monoisotopic (exact) mass is 883 g/mol. The Labute approximate surface area is 364 Å². The molecule has 0 aromatic heterocycles. The second-order valence-electron chi connectivity index (χ2n) is 21.2. The van der Waals surface area contributed by atoms with Crippen LogP contribution in [-0.4, -0.2) is 176 Å². The Balaban J connectivity index is 0.877. The highest BCUT2D eigenvalue weighted by Gasteiger charge is 2.68. The van der Waals surface area contributed by atoms with Gasteiger partial charge in [-0.3, -0.25) is 5.32 Å². The van der Waals surface area contributed by atoms with Gasteiger partial charge in [-0.05, 0) is 105 Å². The number of aliphatic hydroxyl groups is 9. The first kappa shape index (κ1) is 46.2. The van der Waals surface area contributed by atoms with Gasteiger partial charge in [-0.2, -0.15) is 0 Å². The number of ether oxygens (including phenoxy) is 7. The lowest BCUT2D eigenvalue weighted by Crippen LogP contribution is -2.67. The Morgan fingerprint density at radius 1 is 0.694 bits per heavy atom. The molecular formula is C45H73NO16. The third-order valence-electron chi connectivity index (χ3n) is 17.9. The maximum atomic E-state index is 11.8. The van der Waals surface area contributed by atoms with E-state index in [1.807, 2.05) is 0 Å².